The van der Waals surface area contributed by atoms with Gasteiger partial charge in [-0.05, 0) is 58.3 Å². The van der Waals surface area contributed by atoms with Crippen LogP contribution in [0.5, 0.6) is 0 Å². The highest BCUT2D eigenvalue weighted by molar-refractivity contribution is 7.46. The summed E-state index contributed by atoms with van der Waals surface area (Å²) in [6.45, 7) is 13.2. The monoisotopic (exact) mass is 1890 g/mol. The lowest BCUT2D eigenvalue weighted by Crippen LogP contribution is -2.67. The molecule has 2 rings (SSSR count). The summed E-state index contributed by atoms with van der Waals surface area (Å²) in [6, 6.07) is -2.96. The van der Waals surface area contributed by atoms with Gasteiger partial charge in [-0.15, -0.1) is 0 Å². The van der Waals surface area contributed by atoms with Crippen molar-refractivity contribution >= 4 is 43.5 Å². The Bertz CT molecular complexity index is 2660. The molecular formula is C107H211N2O21P. The number of rotatable bonds is 90. The first-order valence-corrected chi connectivity index (χ1v) is 54.8. The van der Waals surface area contributed by atoms with Crippen molar-refractivity contribution in [2.24, 2.45) is 0 Å². The first kappa shape index (κ1) is 132. The van der Waals surface area contributed by atoms with E-state index in [0.717, 1.165) is 173 Å². The summed E-state index contributed by atoms with van der Waals surface area (Å²) < 4.78 is 63.1. The molecule has 2 saturated heterocycles. The quantitative estimate of drug-likeness (QED) is 0.0121. The van der Waals surface area contributed by atoms with Crippen LogP contribution in [0.4, 0.5) is 0 Å². The Balaban J connectivity index is -0.0000410. The van der Waals surface area contributed by atoms with E-state index in [4.69, 9.17) is 37.7 Å². The molecule has 24 heteroatoms. The molecule has 0 spiro atoms. The highest BCUT2D eigenvalue weighted by Crippen LogP contribution is 2.43. The van der Waals surface area contributed by atoms with Crippen LogP contribution in [0.25, 0.3) is 0 Å². The van der Waals surface area contributed by atoms with Crippen LogP contribution in [0.1, 0.15) is 553 Å². The maximum Gasteiger partial charge on any atom is 0.470 e. The van der Waals surface area contributed by atoms with Crippen molar-refractivity contribution in [2.75, 3.05) is 13.2 Å². The smallest absolute Gasteiger partial charge is 0.462 e. The normalized spacial score (nSPS) is 19.4. The number of amides is 2. The van der Waals surface area contributed by atoms with Crippen LogP contribution in [-0.4, -0.2) is 165 Å². The summed E-state index contributed by atoms with van der Waals surface area (Å²) in [4.78, 5) is 108. The second-order valence-corrected chi connectivity index (χ2v) is 39.3. The van der Waals surface area contributed by atoms with Gasteiger partial charge in [0.1, 0.15) is 42.7 Å². The minimum Gasteiger partial charge on any atom is -0.462 e. The Morgan fingerprint density at radius 3 is 0.954 bits per heavy atom. The minimum atomic E-state index is -5.60. The number of hydrogen-bond acceptors (Lipinski definition) is 19. The number of phosphoric ester groups is 1. The molecule has 0 saturated carbocycles. The van der Waals surface area contributed by atoms with E-state index in [9.17, 15) is 54.0 Å². The summed E-state index contributed by atoms with van der Waals surface area (Å²) in [5.41, 5.74) is 0. The Labute approximate surface area is 803 Å². The minimum absolute atomic E-state index is 0. The van der Waals surface area contributed by atoms with Crippen LogP contribution >= 0.6 is 7.82 Å². The van der Waals surface area contributed by atoms with Gasteiger partial charge >= 0.3 is 31.7 Å². The topological polar surface area (TPSA) is 339 Å². The van der Waals surface area contributed by atoms with E-state index < -0.39 is 162 Å². The van der Waals surface area contributed by atoms with Crippen LogP contribution in [0, 0.1) is 0 Å². The van der Waals surface area contributed by atoms with E-state index in [1.807, 2.05) is 0 Å². The predicted octanol–water partition coefficient (Wildman–Crippen LogP) is 27.2. The molecule has 0 aromatic rings. The van der Waals surface area contributed by atoms with E-state index >= 15 is 9.59 Å². The molecule has 2 aliphatic heterocycles. The predicted molar refractivity (Wildman–Crippen MR) is 537 cm³/mol. The Kier molecular flexibility index (Phi) is 91.0. The van der Waals surface area contributed by atoms with E-state index in [1.165, 1.54) is 205 Å². The zero-order chi connectivity index (χ0) is 92.9. The molecule has 0 aliphatic carbocycles. The van der Waals surface area contributed by atoms with Gasteiger partial charge in [0, 0.05) is 12.8 Å². The molecule has 2 heterocycles. The summed E-state index contributed by atoms with van der Waals surface area (Å²) in [5, 5.41) is 52.1. The lowest BCUT2D eigenvalue weighted by molar-refractivity contribution is -0.285. The molecule has 0 aromatic heterocycles. The number of aliphatic hydroxyl groups is 4. The first-order chi connectivity index (χ1) is 61.6. The lowest BCUT2D eigenvalue weighted by Gasteiger charge is -2.47. The SMILES string of the molecule is C.C.C.C.CCCCCCCCCCCCCCC(=O)O[C@H](CCCCCCCCCCCC)CC(=O)NC1[C@H](OCC2OC(C)C(NC(=O)C[C@H](O)CCCCCCCCCCCC)[C@@H](OC(=O)C[C@H](O)CCCCCCCCCCCC)[C@@H]2O)OC(CO)[C@@H](OP(=O)(O)O)[C@@H]1OC(=O)C[C@@H](CCCCCCCCCCCC)OC(=O)CCCCCCCCCCCCCC. The fraction of sp³-hybridized carbons (Fsp3) is 0.944. The molecular weight excluding hydrogens is 1680 g/mol. The number of phosphoric acid groups is 1. The number of carbonyl (C=O) groups is 6. The standard InChI is InChI=1S/C103H195N2O21P.4CH4/c1-8-14-20-26-32-38-44-46-52-58-64-70-76-93(111)121-87(74-68-62-56-50-42-36-30-24-18-12-5)80-92(110)105-98-102(125-96(114)81-88(75-69-63-57-51-43-37-31-25-19-13-6)122-94(112)77-71-65-59-53-47-45-39-33-27-21-15-9-2)100(126-127(116,117)118)89(82-106)123-103(98)119-83-90-99(115)101(124-95(113)79-86(108)73-67-61-55-49-41-35-29-23-17-11-4)97(84(7)120-90)104-91(109)78-85(107)72-66-60-54-48-40-34-28-22-16-10-3;;;;/h84-90,97-103,106-108,115H,8-83H2,1-7H3,(H,104,109)(H,105,110)(H2,116,117,118);4*1H4/t84?,85-,86-,87-,88-,89?,90?,97?,98?,99-,100-,101-,102-,103-;;;;/m1..../s1. The number of carbonyl (C=O) groups excluding carboxylic acids is 6. The van der Waals surface area contributed by atoms with Crippen molar-refractivity contribution in [1.82, 2.24) is 10.6 Å². The molecule has 2 aliphatic rings. The van der Waals surface area contributed by atoms with Crippen molar-refractivity contribution in [3.05, 3.63) is 0 Å². The van der Waals surface area contributed by atoms with Crippen molar-refractivity contribution in [3.8, 4) is 0 Å². The van der Waals surface area contributed by atoms with Gasteiger partial charge in [0.15, 0.2) is 18.5 Å². The number of aliphatic hydroxyl groups excluding tert-OH is 4. The van der Waals surface area contributed by atoms with Gasteiger partial charge in [0.05, 0.1) is 63.3 Å². The Morgan fingerprint density at radius 1 is 0.336 bits per heavy atom. The first-order valence-electron chi connectivity index (χ1n) is 53.3. The molecule has 2 amide bonds. The molecule has 0 radical (unpaired) electrons. The van der Waals surface area contributed by atoms with Gasteiger partial charge in [-0.2, -0.15) is 0 Å². The average molecular weight is 1890 g/mol. The molecule has 2 fully saturated rings. The largest absolute Gasteiger partial charge is 0.470 e. The number of unbranched alkanes of at least 4 members (excludes halogenated alkanes) is 58. The van der Waals surface area contributed by atoms with Crippen LogP contribution < -0.4 is 10.6 Å². The maximum absolute atomic E-state index is 15.2. The fourth-order valence-electron chi connectivity index (χ4n) is 18.0. The van der Waals surface area contributed by atoms with Crippen molar-refractivity contribution < 1.29 is 101 Å². The Morgan fingerprint density at radius 2 is 0.618 bits per heavy atom. The highest BCUT2D eigenvalue weighted by Gasteiger charge is 2.54. The van der Waals surface area contributed by atoms with Gasteiger partial charge in [-0.3, -0.25) is 33.3 Å². The molecule has 780 valence electrons. The molecule has 131 heavy (non-hydrogen) atoms. The summed E-state index contributed by atoms with van der Waals surface area (Å²) >= 11 is 0. The third kappa shape index (κ3) is 72.6. The Hall–Kier alpha value is -3.35. The van der Waals surface area contributed by atoms with Crippen molar-refractivity contribution in [1.29, 1.82) is 0 Å². The van der Waals surface area contributed by atoms with E-state index in [0.29, 0.717) is 57.8 Å². The third-order valence-corrected chi connectivity index (χ3v) is 26.4. The van der Waals surface area contributed by atoms with Gasteiger partial charge in [0.2, 0.25) is 11.8 Å². The van der Waals surface area contributed by atoms with Crippen LogP contribution in [0.3, 0.4) is 0 Å². The molecule has 5 unspecified atom stereocenters. The molecule has 0 bridgehead atoms. The van der Waals surface area contributed by atoms with Gasteiger partial charge in [-0.1, -0.05) is 456 Å². The summed E-state index contributed by atoms with van der Waals surface area (Å²) in [6.07, 6.45) is 52.0. The second kappa shape index (κ2) is 90.5. The van der Waals surface area contributed by atoms with Crippen LogP contribution in [-0.2, 0) is 71.0 Å². The number of ether oxygens (including phenoxy) is 7. The van der Waals surface area contributed by atoms with Crippen molar-refractivity contribution in [3.63, 3.8) is 0 Å². The average Bonchev–Trinajstić information content (AvgIpc) is 0.778. The van der Waals surface area contributed by atoms with Gasteiger partial charge < -0.3 is 74.0 Å². The van der Waals surface area contributed by atoms with E-state index in [2.05, 4.69) is 52.2 Å². The highest BCUT2D eigenvalue weighted by atomic mass is 31.2. The summed E-state index contributed by atoms with van der Waals surface area (Å²) in [5.74, 6) is -4.15. The third-order valence-electron chi connectivity index (χ3n) is 25.9. The fourth-order valence-corrected chi connectivity index (χ4v) is 18.6. The molecule has 0 aromatic carbocycles. The molecule has 23 nitrogen and oxygen atoms in total. The van der Waals surface area contributed by atoms with Crippen LogP contribution in [0.15, 0.2) is 0 Å². The van der Waals surface area contributed by atoms with E-state index in [1.54, 1.807) is 6.92 Å². The zero-order valence-electron chi connectivity index (χ0n) is 82.1. The maximum atomic E-state index is 15.2. The van der Waals surface area contributed by atoms with Gasteiger partial charge in [0.25, 0.3) is 0 Å². The lowest BCUT2D eigenvalue weighted by atomic mass is 9.92. The molecule has 8 N–H and O–H groups in total. The van der Waals surface area contributed by atoms with Crippen molar-refractivity contribution in [2.45, 2.75) is 639 Å². The molecule has 14 atom stereocenters. The number of nitrogens with one attached hydrogen (secondary N) is 2. The second-order valence-electron chi connectivity index (χ2n) is 38.1. The van der Waals surface area contributed by atoms with Gasteiger partial charge in [-0.25, -0.2) is 4.57 Å². The zero-order valence-corrected chi connectivity index (χ0v) is 83.0. The summed E-state index contributed by atoms with van der Waals surface area (Å²) in [7, 11) is -5.60. The van der Waals surface area contributed by atoms with Crippen LogP contribution in [0.2, 0.25) is 0 Å². The number of hydrogen-bond donors (Lipinski definition) is 8. The number of esters is 4. The van der Waals surface area contributed by atoms with E-state index in [-0.39, 0.29) is 49.0 Å².